The number of rotatable bonds is 6. The molecule has 0 fully saturated rings. The van der Waals surface area contributed by atoms with E-state index in [4.69, 9.17) is 12.2 Å². The number of imidazole rings is 1. The molecule has 1 aromatic heterocycles. The average Bonchev–Trinajstić information content (AvgIpc) is 2.87. The zero-order chi connectivity index (χ0) is 14.6. The predicted molar refractivity (Wildman–Crippen MR) is 91.9 cm³/mol. The van der Waals surface area contributed by atoms with Crippen molar-refractivity contribution in [1.82, 2.24) is 9.55 Å². The summed E-state index contributed by atoms with van der Waals surface area (Å²) in [6.45, 7) is 5.48. The lowest BCUT2D eigenvalue weighted by molar-refractivity contribution is 0.466. The first-order chi connectivity index (χ1) is 9.65. The number of aromatic nitrogens is 2. The Kier molecular flexibility index (Phi) is 5.11. The van der Waals surface area contributed by atoms with Crippen molar-refractivity contribution in [1.29, 1.82) is 0 Å². The summed E-state index contributed by atoms with van der Waals surface area (Å²) in [6, 6.07) is 10.4. The third-order valence-electron chi connectivity index (χ3n) is 4.11. The first-order valence-electron chi connectivity index (χ1n) is 7.04. The van der Waals surface area contributed by atoms with Gasteiger partial charge in [-0.05, 0) is 36.9 Å². The smallest absolute Gasteiger partial charge is 0.177 e. The SMILES string of the molecule is CCC(CC)(Cn1c(-c2ccccc2)c[nH]c1=S)SC. The second-order valence-corrected chi connectivity index (χ2v) is 6.69. The van der Waals surface area contributed by atoms with Crippen LogP contribution in [0.2, 0.25) is 0 Å². The minimum Gasteiger partial charge on any atom is -0.337 e. The van der Waals surface area contributed by atoms with Crippen molar-refractivity contribution < 1.29 is 0 Å². The van der Waals surface area contributed by atoms with E-state index in [9.17, 15) is 0 Å². The summed E-state index contributed by atoms with van der Waals surface area (Å²) in [7, 11) is 0. The van der Waals surface area contributed by atoms with Gasteiger partial charge in [-0.25, -0.2) is 0 Å². The van der Waals surface area contributed by atoms with Gasteiger partial charge in [0.05, 0.1) is 5.69 Å². The van der Waals surface area contributed by atoms with Crippen LogP contribution >= 0.6 is 24.0 Å². The summed E-state index contributed by atoms with van der Waals surface area (Å²) in [5.74, 6) is 0. The van der Waals surface area contributed by atoms with Crippen LogP contribution in [0.4, 0.5) is 0 Å². The van der Waals surface area contributed by atoms with Crippen molar-refractivity contribution in [3.63, 3.8) is 0 Å². The Hall–Kier alpha value is -1.00. The van der Waals surface area contributed by atoms with Crippen LogP contribution in [0.25, 0.3) is 11.3 Å². The van der Waals surface area contributed by atoms with Crippen LogP contribution in [0.1, 0.15) is 26.7 Å². The highest BCUT2D eigenvalue weighted by molar-refractivity contribution is 8.00. The van der Waals surface area contributed by atoms with Crippen LogP contribution in [-0.2, 0) is 6.54 Å². The molecule has 0 atom stereocenters. The van der Waals surface area contributed by atoms with Crippen molar-refractivity contribution in [2.75, 3.05) is 6.26 Å². The van der Waals surface area contributed by atoms with Crippen molar-refractivity contribution in [3.8, 4) is 11.3 Å². The Bertz CT molecular complexity index is 586. The highest BCUT2D eigenvalue weighted by Gasteiger charge is 2.26. The van der Waals surface area contributed by atoms with Gasteiger partial charge < -0.3 is 9.55 Å². The summed E-state index contributed by atoms with van der Waals surface area (Å²) in [5.41, 5.74) is 2.39. The fourth-order valence-electron chi connectivity index (χ4n) is 2.52. The van der Waals surface area contributed by atoms with Crippen LogP contribution in [0.5, 0.6) is 0 Å². The molecular weight excluding hydrogens is 284 g/mol. The van der Waals surface area contributed by atoms with Crippen molar-refractivity contribution >= 4 is 24.0 Å². The Morgan fingerprint density at radius 2 is 1.85 bits per heavy atom. The Morgan fingerprint density at radius 1 is 1.20 bits per heavy atom. The van der Waals surface area contributed by atoms with Gasteiger partial charge in [0.2, 0.25) is 0 Å². The van der Waals surface area contributed by atoms with Crippen LogP contribution in [-0.4, -0.2) is 20.6 Å². The lowest BCUT2D eigenvalue weighted by atomic mass is 10.0. The lowest BCUT2D eigenvalue weighted by Gasteiger charge is -2.30. The van der Waals surface area contributed by atoms with Crippen LogP contribution in [0.3, 0.4) is 0 Å². The number of nitrogens with one attached hydrogen (secondary N) is 1. The van der Waals surface area contributed by atoms with Gasteiger partial charge in [0.15, 0.2) is 4.77 Å². The average molecular weight is 307 g/mol. The fourth-order valence-corrected chi connectivity index (χ4v) is 3.57. The van der Waals surface area contributed by atoms with Gasteiger partial charge >= 0.3 is 0 Å². The third-order valence-corrected chi connectivity index (χ3v) is 6.02. The van der Waals surface area contributed by atoms with E-state index in [1.165, 1.54) is 11.3 Å². The Labute approximate surface area is 130 Å². The number of aromatic amines is 1. The minimum absolute atomic E-state index is 0.254. The maximum absolute atomic E-state index is 5.48. The van der Waals surface area contributed by atoms with Gasteiger partial charge in [0.25, 0.3) is 0 Å². The number of H-pyrrole nitrogens is 1. The van der Waals surface area contributed by atoms with Gasteiger partial charge in [-0.15, -0.1) is 0 Å². The number of hydrogen-bond donors (Lipinski definition) is 1. The zero-order valence-corrected chi connectivity index (χ0v) is 14.0. The van der Waals surface area contributed by atoms with Crippen molar-refractivity contribution in [3.05, 3.63) is 41.3 Å². The summed E-state index contributed by atoms with van der Waals surface area (Å²) in [5, 5.41) is 0. The molecule has 0 aliphatic carbocycles. The first kappa shape index (κ1) is 15.4. The molecule has 0 unspecified atom stereocenters. The monoisotopic (exact) mass is 306 g/mol. The molecule has 2 rings (SSSR count). The van der Waals surface area contributed by atoms with E-state index in [1.807, 2.05) is 24.0 Å². The Balaban J connectivity index is 2.43. The van der Waals surface area contributed by atoms with Crippen molar-refractivity contribution in [2.45, 2.75) is 38.0 Å². The molecule has 0 aliphatic heterocycles. The predicted octanol–water partition coefficient (Wildman–Crippen LogP) is 5.13. The molecule has 20 heavy (non-hydrogen) atoms. The molecule has 1 N–H and O–H groups in total. The van der Waals surface area contributed by atoms with E-state index in [0.29, 0.717) is 0 Å². The number of nitrogens with zero attached hydrogens (tertiary/aromatic N) is 1. The van der Waals surface area contributed by atoms with E-state index in [2.05, 4.69) is 53.9 Å². The minimum atomic E-state index is 0.254. The molecule has 108 valence electrons. The van der Waals surface area contributed by atoms with Crippen LogP contribution < -0.4 is 0 Å². The molecule has 0 bridgehead atoms. The first-order valence-corrected chi connectivity index (χ1v) is 8.68. The van der Waals surface area contributed by atoms with E-state index in [1.54, 1.807) is 0 Å². The molecule has 2 aromatic rings. The fraction of sp³-hybridized carbons (Fsp3) is 0.438. The van der Waals surface area contributed by atoms with Gasteiger partial charge in [-0.2, -0.15) is 11.8 Å². The topological polar surface area (TPSA) is 20.7 Å². The summed E-state index contributed by atoms with van der Waals surface area (Å²) < 4.78 is 3.31. The van der Waals surface area contributed by atoms with E-state index >= 15 is 0 Å². The quantitative estimate of drug-likeness (QED) is 0.746. The molecule has 1 aromatic carbocycles. The van der Waals surface area contributed by atoms with E-state index in [0.717, 1.165) is 24.2 Å². The molecule has 2 nitrogen and oxygen atoms in total. The maximum atomic E-state index is 5.48. The highest BCUT2D eigenvalue weighted by atomic mass is 32.2. The number of hydrogen-bond acceptors (Lipinski definition) is 2. The standard InChI is InChI=1S/C16H22N2S2/c1-4-16(5-2,20-3)12-18-14(11-17-15(18)19)13-9-7-6-8-10-13/h6-11H,4-5,12H2,1-3H3,(H,17,19). The second kappa shape index (κ2) is 6.64. The van der Waals surface area contributed by atoms with Crippen molar-refractivity contribution in [2.24, 2.45) is 0 Å². The van der Waals surface area contributed by atoms with Gasteiger partial charge in [-0.3, -0.25) is 0 Å². The zero-order valence-electron chi connectivity index (χ0n) is 12.3. The summed E-state index contributed by atoms with van der Waals surface area (Å²) in [6.07, 6.45) is 6.51. The molecule has 0 amide bonds. The second-order valence-electron chi connectivity index (χ2n) is 5.03. The molecule has 0 saturated carbocycles. The molecule has 0 aliphatic rings. The van der Waals surface area contributed by atoms with E-state index in [-0.39, 0.29) is 4.75 Å². The maximum Gasteiger partial charge on any atom is 0.177 e. The number of benzene rings is 1. The molecule has 0 radical (unpaired) electrons. The summed E-state index contributed by atoms with van der Waals surface area (Å²) >= 11 is 7.43. The third kappa shape index (κ3) is 3.01. The summed E-state index contributed by atoms with van der Waals surface area (Å²) in [4.78, 5) is 3.20. The lowest BCUT2D eigenvalue weighted by Crippen LogP contribution is -2.29. The van der Waals surface area contributed by atoms with Gasteiger partial charge in [0.1, 0.15) is 0 Å². The van der Waals surface area contributed by atoms with Crippen LogP contribution in [0, 0.1) is 4.77 Å². The molecular formula is C16H22N2S2. The number of thioether (sulfide) groups is 1. The van der Waals surface area contributed by atoms with Gasteiger partial charge in [0, 0.05) is 17.5 Å². The normalized spacial score (nSPS) is 11.8. The molecule has 1 heterocycles. The largest absolute Gasteiger partial charge is 0.337 e. The van der Waals surface area contributed by atoms with Crippen LogP contribution in [0.15, 0.2) is 36.5 Å². The van der Waals surface area contributed by atoms with E-state index < -0.39 is 0 Å². The molecule has 0 spiro atoms. The Morgan fingerprint density at radius 3 is 2.40 bits per heavy atom. The van der Waals surface area contributed by atoms with Gasteiger partial charge in [-0.1, -0.05) is 44.2 Å². The highest BCUT2D eigenvalue weighted by Crippen LogP contribution is 2.34. The molecule has 0 saturated heterocycles. The molecule has 4 heteroatoms.